The number of hydrogen-bond acceptors (Lipinski definition) is 4. The molecule has 180 valence electrons. The van der Waals surface area contributed by atoms with Crippen molar-refractivity contribution in [3.8, 4) is 5.88 Å². The van der Waals surface area contributed by atoms with Crippen LogP contribution in [0.4, 0.5) is 17.6 Å². The molecule has 0 spiro atoms. The summed E-state index contributed by atoms with van der Waals surface area (Å²) in [4.78, 5) is 22.2. The number of ether oxygens (including phenoxy) is 1. The van der Waals surface area contributed by atoms with Crippen molar-refractivity contribution in [2.75, 3.05) is 0 Å². The van der Waals surface area contributed by atoms with E-state index in [1.807, 2.05) is 0 Å². The van der Waals surface area contributed by atoms with Gasteiger partial charge in [0.05, 0.1) is 17.0 Å². The zero-order valence-corrected chi connectivity index (χ0v) is 19.0. The minimum Gasteiger partial charge on any atom is -0.470 e. The molecule has 0 radical (unpaired) electrons. The Bertz CT molecular complexity index is 1460. The highest BCUT2D eigenvalue weighted by Crippen LogP contribution is 2.52. The summed E-state index contributed by atoms with van der Waals surface area (Å²) in [6.07, 6.45) is 3.10. The average molecular weight is 483 g/mol. The van der Waals surface area contributed by atoms with Crippen LogP contribution in [0.15, 0.2) is 42.6 Å². The van der Waals surface area contributed by atoms with Crippen LogP contribution in [-0.4, -0.2) is 20.2 Å². The summed E-state index contributed by atoms with van der Waals surface area (Å²) >= 11 is 0. The molecule has 5 nitrogen and oxygen atoms in total. The second-order valence-corrected chi connectivity index (χ2v) is 8.92. The Morgan fingerprint density at radius 3 is 2.37 bits per heavy atom. The summed E-state index contributed by atoms with van der Waals surface area (Å²) in [5, 5.41) is 0. The Balaban J connectivity index is 1.46. The fraction of sp³-hybridized carbons (Fsp3) is 0.269. The smallest absolute Gasteiger partial charge is 0.258 e. The number of nitrogens with zero attached hydrogens (tertiary/aromatic N) is 3. The molecular formula is C26H21F4N3O2. The molecule has 1 aliphatic rings. The highest BCUT2D eigenvalue weighted by molar-refractivity contribution is 5.97. The van der Waals surface area contributed by atoms with Gasteiger partial charge in [0, 0.05) is 18.0 Å². The third-order valence-electron chi connectivity index (χ3n) is 6.43. The maximum Gasteiger partial charge on any atom is 0.258 e. The quantitative estimate of drug-likeness (QED) is 0.247. The first kappa shape index (κ1) is 23.0. The van der Waals surface area contributed by atoms with Crippen molar-refractivity contribution in [3.05, 3.63) is 94.1 Å². The van der Waals surface area contributed by atoms with Crippen LogP contribution in [0.2, 0.25) is 0 Å². The molecule has 5 rings (SSSR count). The van der Waals surface area contributed by atoms with Crippen LogP contribution in [0, 0.1) is 37.1 Å². The summed E-state index contributed by atoms with van der Waals surface area (Å²) in [5.41, 5.74) is 1.31. The van der Waals surface area contributed by atoms with Crippen LogP contribution >= 0.6 is 0 Å². The first-order valence-corrected chi connectivity index (χ1v) is 11.1. The molecular weight excluding hydrogens is 462 g/mol. The Labute approximate surface area is 198 Å². The van der Waals surface area contributed by atoms with Gasteiger partial charge in [-0.3, -0.25) is 9.20 Å². The van der Waals surface area contributed by atoms with Crippen molar-refractivity contribution in [1.82, 2.24) is 14.4 Å². The fourth-order valence-corrected chi connectivity index (χ4v) is 4.43. The molecule has 0 aliphatic heterocycles. The number of carbonyl (C=O) groups excluding carboxylic acids is 1. The van der Waals surface area contributed by atoms with E-state index in [0.29, 0.717) is 35.5 Å². The van der Waals surface area contributed by atoms with Gasteiger partial charge in [0.25, 0.3) is 5.88 Å². The highest BCUT2D eigenvalue weighted by Gasteiger charge is 2.46. The summed E-state index contributed by atoms with van der Waals surface area (Å²) in [6.45, 7) is 2.97. The summed E-state index contributed by atoms with van der Waals surface area (Å²) < 4.78 is 62.5. The van der Waals surface area contributed by atoms with Gasteiger partial charge in [-0.05, 0) is 56.5 Å². The lowest BCUT2D eigenvalue weighted by Crippen LogP contribution is -2.16. The largest absolute Gasteiger partial charge is 0.470 e. The first-order valence-electron chi connectivity index (χ1n) is 11.1. The van der Waals surface area contributed by atoms with Gasteiger partial charge in [0.1, 0.15) is 23.9 Å². The second-order valence-electron chi connectivity index (χ2n) is 8.92. The van der Waals surface area contributed by atoms with Crippen LogP contribution < -0.4 is 4.74 Å². The number of aryl methyl sites for hydroxylation is 2. The minimum absolute atomic E-state index is 0.0385. The summed E-state index contributed by atoms with van der Waals surface area (Å²) in [7, 11) is 0. The molecule has 0 atom stereocenters. The van der Waals surface area contributed by atoms with Crippen molar-refractivity contribution in [1.29, 1.82) is 0 Å². The number of Topliss-reactive ketones (excluding diaryl/α,β-unsaturated/α-hetero) is 1. The van der Waals surface area contributed by atoms with Crippen LogP contribution in [0.25, 0.3) is 5.65 Å². The maximum absolute atomic E-state index is 14.0. The summed E-state index contributed by atoms with van der Waals surface area (Å²) in [6, 6.07) is 7.28. The van der Waals surface area contributed by atoms with E-state index in [0.717, 1.165) is 24.3 Å². The molecule has 0 saturated heterocycles. The van der Waals surface area contributed by atoms with Gasteiger partial charge >= 0.3 is 0 Å². The molecule has 1 saturated carbocycles. The number of imidazole rings is 1. The van der Waals surface area contributed by atoms with Crippen LogP contribution in [0.3, 0.4) is 0 Å². The van der Waals surface area contributed by atoms with Crippen LogP contribution in [0.1, 0.15) is 52.3 Å². The van der Waals surface area contributed by atoms with Crippen LogP contribution in [-0.2, 0) is 12.0 Å². The van der Waals surface area contributed by atoms with Gasteiger partial charge in [-0.15, -0.1) is 0 Å². The van der Waals surface area contributed by atoms with Crippen molar-refractivity contribution < 1.29 is 27.1 Å². The number of aromatic nitrogens is 3. The number of carbonyl (C=O) groups is 1. The Morgan fingerprint density at radius 1 is 1.00 bits per heavy atom. The molecule has 2 heterocycles. The highest BCUT2D eigenvalue weighted by atomic mass is 19.2. The SMILES string of the molecule is Cc1cn2c(C(=O)CC3(c4ccc(F)c(F)c4)CC3)c(C)nc2c(OCc2c(F)cccc2F)n1. The minimum atomic E-state index is -0.943. The van der Waals surface area contributed by atoms with Gasteiger partial charge in [0.2, 0.25) is 5.65 Å². The van der Waals surface area contributed by atoms with Crippen molar-refractivity contribution in [2.45, 2.75) is 45.1 Å². The first-order chi connectivity index (χ1) is 16.7. The maximum atomic E-state index is 14.0. The topological polar surface area (TPSA) is 56.5 Å². The third kappa shape index (κ3) is 4.15. The number of halogens is 4. The number of fused-ring (bicyclic) bond motifs is 1. The molecule has 2 aromatic carbocycles. The summed E-state index contributed by atoms with van der Waals surface area (Å²) in [5.74, 6) is -3.53. The van der Waals surface area contributed by atoms with Gasteiger partial charge in [-0.25, -0.2) is 27.5 Å². The average Bonchev–Trinajstić information content (AvgIpc) is 3.49. The van der Waals surface area contributed by atoms with Crippen molar-refractivity contribution in [3.63, 3.8) is 0 Å². The zero-order valence-electron chi connectivity index (χ0n) is 19.0. The van der Waals surface area contributed by atoms with E-state index in [1.54, 1.807) is 24.4 Å². The molecule has 2 aromatic heterocycles. The molecule has 9 heteroatoms. The van der Waals surface area contributed by atoms with Gasteiger partial charge in [-0.1, -0.05) is 12.1 Å². The molecule has 35 heavy (non-hydrogen) atoms. The Kier molecular flexibility index (Phi) is 5.57. The molecule has 4 aromatic rings. The van der Waals surface area contributed by atoms with E-state index in [9.17, 15) is 22.4 Å². The van der Waals surface area contributed by atoms with E-state index in [2.05, 4.69) is 9.97 Å². The number of rotatable bonds is 7. The molecule has 1 aliphatic carbocycles. The van der Waals surface area contributed by atoms with Crippen molar-refractivity contribution in [2.24, 2.45) is 0 Å². The number of ketones is 1. The second kappa shape index (κ2) is 8.48. The molecule has 0 amide bonds. The lowest BCUT2D eigenvalue weighted by Gasteiger charge is -2.15. The van der Waals surface area contributed by atoms with E-state index in [-0.39, 0.29) is 29.3 Å². The third-order valence-corrected chi connectivity index (χ3v) is 6.43. The lowest BCUT2D eigenvalue weighted by molar-refractivity contribution is 0.0963. The van der Waals surface area contributed by atoms with Crippen LogP contribution in [0.5, 0.6) is 5.88 Å². The van der Waals surface area contributed by atoms with E-state index >= 15 is 0 Å². The molecule has 0 unspecified atom stereocenters. The number of hydrogen-bond donors (Lipinski definition) is 0. The van der Waals surface area contributed by atoms with E-state index < -0.39 is 35.3 Å². The van der Waals surface area contributed by atoms with Gasteiger partial charge in [0.15, 0.2) is 17.4 Å². The predicted molar refractivity (Wildman–Crippen MR) is 119 cm³/mol. The van der Waals surface area contributed by atoms with Gasteiger partial charge in [-0.2, -0.15) is 0 Å². The predicted octanol–water partition coefficient (Wildman–Crippen LogP) is 5.79. The Hall–Kier alpha value is -3.75. The molecule has 0 bridgehead atoms. The molecule has 0 N–H and O–H groups in total. The van der Waals surface area contributed by atoms with E-state index in [4.69, 9.17) is 4.74 Å². The van der Waals surface area contributed by atoms with E-state index in [1.165, 1.54) is 12.1 Å². The van der Waals surface area contributed by atoms with Gasteiger partial charge < -0.3 is 4.74 Å². The zero-order chi connectivity index (χ0) is 24.9. The monoisotopic (exact) mass is 483 g/mol. The Morgan fingerprint density at radius 2 is 1.71 bits per heavy atom. The fourth-order valence-electron chi connectivity index (χ4n) is 4.43. The van der Waals surface area contributed by atoms with Crippen molar-refractivity contribution >= 4 is 11.4 Å². The lowest BCUT2D eigenvalue weighted by atomic mass is 9.89. The number of benzene rings is 2. The molecule has 1 fully saturated rings. The normalized spacial score (nSPS) is 14.3. The standard InChI is InChI=1S/C26H21F4N3O2/c1-14-12-33-23(22(34)11-26(8-9-26)16-6-7-20(29)21(30)10-16)15(2)32-24(33)25(31-14)35-13-17-18(27)4-3-5-19(17)28/h3-7,10,12H,8-9,11,13H2,1-2H3.